The van der Waals surface area contributed by atoms with Crippen LogP contribution in [0.3, 0.4) is 0 Å². The van der Waals surface area contributed by atoms with Crippen molar-refractivity contribution in [2.24, 2.45) is 0 Å². The molecule has 312 valence electrons. The standard InChI is InChI=1S/C68H40/c1-3-11-49-37-51(25-19-41(49)9-1)54-32-31-53(39-63(54)56-33-27-47-23-21-43-13-7-15-45-28-34-58(56)66(47)64(43)45)61-40-62(52-26-20-42-10-2-4-12-50(42)38-52)68(57-18-6-5-17-55(57)61)60-36-30-48-24-22-44-14-8-16-46-29-35-59(60)67(48)65(44)46/h1-40H. The van der Waals surface area contributed by atoms with E-state index in [1.54, 1.807) is 0 Å². The highest BCUT2D eigenvalue weighted by Crippen LogP contribution is 2.50. The molecular weight excluding hydrogens is 817 g/mol. The highest BCUT2D eigenvalue weighted by molar-refractivity contribution is 6.28. The van der Waals surface area contributed by atoms with E-state index in [1.165, 1.54) is 153 Å². The molecule has 68 heavy (non-hydrogen) atoms. The van der Waals surface area contributed by atoms with E-state index in [4.69, 9.17) is 0 Å². The second kappa shape index (κ2) is 14.3. The molecule has 15 aromatic carbocycles. The van der Waals surface area contributed by atoms with Crippen molar-refractivity contribution in [2.75, 3.05) is 0 Å². The molecule has 0 heterocycles. The predicted molar refractivity (Wildman–Crippen MR) is 294 cm³/mol. The molecule has 0 aliphatic rings. The fourth-order valence-corrected chi connectivity index (χ4v) is 12.0. The quantitative estimate of drug-likeness (QED) is 0.151. The van der Waals surface area contributed by atoms with Gasteiger partial charge < -0.3 is 0 Å². The van der Waals surface area contributed by atoms with E-state index < -0.39 is 0 Å². The lowest BCUT2D eigenvalue weighted by atomic mass is 9.81. The summed E-state index contributed by atoms with van der Waals surface area (Å²) < 4.78 is 0. The lowest BCUT2D eigenvalue weighted by Gasteiger charge is -2.22. The van der Waals surface area contributed by atoms with Crippen molar-refractivity contribution in [3.8, 4) is 55.6 Å². The first-order valence-electron chi connectivity index (χ1n) is 23.7. The molecule has 0 aromatic heterocycles. The fraction of sp³-hybridized carbons (Fsp3) is 0. The minimum absolute atomic E-state index is 1.19. The highest BCUT2D eigenvalue weighted by atomic mass is 14.3. The Labute approximate surface area is 393 Å². The van der Waals surface area contributed by atoms with Crippen LogP contribution in [0.5, 0.6) is 0 Å². The van der Waals surface area contributed by atoms with Crippen LogP contribution in [0.2, 0.25) is 0 Å². The largest absolute Gasteiger partial charge is 0.0616 e. The molecule has 0 bridgehead atoms. The van der Waals surface area contributed by atoms with Crippen LogP contribution < -0.4 is 0 Å². The monoisotopic (exact) mass is 856 g/mol. The van der Waals surface area contributed by atoms with Gasteiger partial charge in [0, 0.05) is 0 Å². The van der Waals surface area contributed by atoms with E-state index in [0.717, 1.165) is 0 Å². The Morgan fingerprint density at radius 1 is 0.162 bits per heavy atom. The van der Waals surface area contributed by atoms with Gasteiger partial charge in [-0.2, -0.15) is 0 Å². The fourth-order valence-electron chi connectivity index (χ4n) is 12.0. The molecule has 0 spiro atoms. The molecule has 0 aliphatic carbocycles. The number of hydrogen-bond acceptors (Lipinski definition) is 0. The molecule has 0 N–H and O–H groups in total. The predicted octanol–water partition coefficient (Wildman–Crippen LogP) is 19.3. The SMILES string of the molecule is c1ccc2cc(-c3ccc(-c4cc(-c5ccc6ccccc6c5)c(-c5ccc6ccc7cccc8ccc5c6c78)c5ccccc45)cc3-c3ccc4ccc5cccc6ccc3c4c56)ccc2c1. The Kier molecular flexibility index (Phi) is 7.88. The third-order valence-electron chi connectivity index (χ3n) is 15.1. The zero-order valence-corrected chi connectivity index (χ0v) is 37.1. The normalized spacial score (nSPS) is 12.1. The minimum atomic E-state index is 1.19. The van der Waals surface area contributed by atoms with E-state index >= 15 is 0 Å². The van der Waals surface area contributed by atoms with Gasteiger partial charge in [0.2, 0.25) is 0 Å². The van der Waals surface area contributed by atoms with E-state index in [0.29, 0.717) is 0 Å². The molecule has 0 atom stereocenters. The zero-order chi connectivity index (χ0) is 44.5. The van der Waals surface area contributed by atoms with Gasteiger partial charge in [0.25, 0.3) is 0 Å². The summed E-state index contributed by atoms with van der Waals surface area (Å²) in [6.45, 7) is 0. The molecular formula is C68H40. The van der Waals surface area contributed by atoms with Gasteiger partial charge in [-0.25, -0.2) is 0 Å². The second-order valence-electron chi connectivity index (χ2n) is 18.7. The Bertz CT molecular complexity index is 4520. The van der Waals surface area contributed by atoms with Gasteiger partial charge in [0.15, 0.2) is 0 Å². The van der Waals surface area contributed by atoms with Crippen molar-refractivity contribution in [2.45, 2.75) is 0 Å². The molecule has 15 aromatic rings. The summed E-state index contributed by atoms with van der Waals surface area (Å²) in [6.07, 6.45) is 0. The van der Waals surface area contributed by atoms with Crippen molar-refractivity contribution in [1.29, 1.82) is 0 Å². The lowest BCUT2D eigenvalue weighted by molar-refractivity contribution is 1.59. The van der Waals surface area contributed by atoms with Crippen LogP contribution in [-0.2, 0) is 0 Å². The smallest absolute Gasteiger partial charge is 0.00201 e. The first-order chi connectivity index (χ1) is 33.7. The van der Waals surface area contributed by atoms with E-state index in [-0.39, 0.29) is 0 Å². The van der Waals surface area contributed by atoms with Crippen molar-refractivity contribution in [3.05, 3.63) is 243 Å². The first kappa shape index (κ1) is 37.4. The summed E-state index contributed by atoms with van der Waals surface area (Å²) in [4.78, 5) is 0. The third kappa shape index (κ3) is 5.49. The maximum atomic E-state index is 2.50. The second-order valence-corrected chi connectivity index (χ2v) is 18.7. The van der Waals surface area contributed by atoms with Crippen molar-refractivity contribution < 1.29 is 0 Å². The summed E-state index contributed by atoms with van der Waals surface area (Å²) in [7, 11) is 0. The maximum absolute atomic E-state index is 2.50. The molecule has 0 radical (unpaired) electrons. The summed E-state index contributed by atoms with van der Waals surface area (Å²) in [5.41, 5.74) is 12.2. The van der Waals surface area contributed by atoms with Gasteiger partial charge in [-0.1, -0.05) is 218 Å². The molecule has 0 unspecified atom stereocenters. The van der Waals surface area contributed by atoms with Gasteiger partial charge in [0.05, 0.1) is 0 Å². The lowest BCUT2D eigenvalue weighted by Crippen LogP contribution is -1.95. The first-order valence-corrected chi connectivity index (χ1v) is 23.7. The Hall–Kier alpha value is -8.84. The van der Waals surface area contributed by atoms with Crippen molar-refractivity contribution in [3.63, 3.8) is 0 Å². The molecule has 0 aliphatic heterocycles. The van der Waals surface area contributed by atoms with Crippen molar-refractivity contribution >= 4 is 97.0 Å². The number of fused-ring (bicyclic) bond motifs is 3. The van der Waals surface area contributed by atoms with E-state index in [9.17, 15) is 0 Å². The van der Waals surface area contributed by atoms with E-state index in [1.807, 2.05) is 0 Å². The molecule has 15 rings (SSSR count). The minimum Gasteiger partial charge on any atom is -0.0616 e. The molecule has 0 saturated carbocycles. The van der Waals surface area contributed by atoms with Gasteiger partial charge in [-0.3, -0.25) is 0 Å². The molecule has 0 heteroatoms. The molecule has 0 saturated heterocycles. The Morgan fingerprint density at radius 2 is 0.559 bits per heavy atom. The maximum Gasteiger partial charge on any atom is -0.00201 e. The summed E-state index contributed by atoms with van der Waals surface area (Å²) in [5.74, 6) is 0. The van der Waals surface area contributed by atoms with Gasteiger partial charge >= 0.3 is 0 Å². The van der Waals surface area contributed by atoms with Crippen LogP contribution in [0.15, 0.2) is 243 Å². The van der Waals surface area contributed by atoms with Gasteiger partial charge in [-0.05, 0) is 177 Å². The summed E-state index contributed by atoms with van der Waals surface area (Å²) in [6, 6.07) is 91.5. The average Bonchev–Trinajstić information content (AvgIpc) is 3.41. The number of rotatable bonds is 5. The number of hydrogen-bond donors (Lipinski definition) is 0. The van der Waals surface area contributed by atoms with Crippen LogP contribution in [0.1, 0.15) is 0 Å². The topological polar surface area (TPSA) is 0 Å². The Balaban J connectivity index is 1.04. The average molecular weight is 857 g/mol. The van der Waals surface area contributed by atoms with E-state index in [2.05, 4.69) is 243 Å². The third-order valence-corrected chi connectivity index (χ3v) is 15.1. The molecule has 0 fully saturated rings. The van der Waals surface area contributed by atoms with Gasteiger partial charge in [0.1, 0.15) is 0 Å². The highest BCUT2D eigenvalue weighted by Gasteiger charge is 2.22. The summed E-state index contributed by atoms with van der Waals surface area (Å²) in [5, 5.41) is 23.0. The molecule has 0 nitrogen and oxygen atoms in total. The number of benzene rings is 15. The van der Waals surface area contributed by atoms with Gasteiger partial charge in [-0.15, -0.1) is 0 Å². The zero-order valence-electron chi connectivity index (χ0n) is 37.1. The van der Waals surface area contributed by atoms with Crippen LogP contribution in [-0.4, -0.2) is 0 Å². The van der Waals surface area contributed by atoms with Crippen LogP contribution in [0.25, 0.3) is 153 Å². The van der Waals surface area contributed by atoms with Crippen LogP contribution in [0, 0.1) is 0 Å². The van der Waals surface area contributed by atoms with Crippen molar-refractivity contribution in [1.82, 2.24) is 0 Å². The van der Waals surface area contributed by atoms with Crippen LogP contribution in [0.4, 0.5) is 0 Å². The summed E-state index contributed by atoms with van der Waals surface area (Å²) >= 11 is 0. The molecule has 0 amide bonds. The van der Waals surface area contributed by atoms with Crippen LogP contribution >= 0.6 is 0 Å². The Morgan fingerprint density at radius 3 is 1.16 bits per heavy atom.